The summed E-state index contributed by atoms with van der Waals surface area (Å²) in [7, 11) is 0. The molecule has 1 aliphatic heterocycles. The summed E-state index contributed by atoms with van der Waals surface area (Å²) in [5.41, 5.74) is 6.74. The molecular weight excluding hydrogens is 264 g/mol. The molecule has 1 heterocycles. The first-order valence-corrected chi connectivity index (χ1v) is 8.18. The zero-order valence-electron chi connectivity index (χ0n) is 10.5. The van der Waals surface area contributed by atoms with Crippen molar-refractivity contribution in [3.05, 3.63) is 24.3 Å². The molecule has 1 amide bonds. The lowest BCUT2D eigenvalue weighted by atomic mass is 10.3. The van der Waals surface area contributed by atoms with Crippen molar-refractivity contribution in [3.8, 4) is 0 Å². The quantitative estimate of drug-likeness (QED) is 0.919. The number of nitrogens with two attached hydrogens (primary N) is 1. The number of benzene rings is 1. The minimum atomic E-state index is 0.145. The van der Waals surface area contributed by atoms with Gasteiger partial charge in [-0.1, -0.05) is 12.1 Å². The highest BCUT2D eigenvalue weighted by molar-refractivity contribution is 8.00. The molecule has 0 radical (unpaired) electrons. The fourth-order valence-corrected chi connectivity index (χ4v) is 3.65. The normalized spacial score (nSPS) is 16.2. The van der Waals surface area contributed by atoms with Crippen molar-refractivity contribution in [2.75, 3.05) is 28.7 Å². The van der Waals surface area contributed by atoms with Crippen molar-refractivity contribution in [2.24, 2.45) is 5.73 Å². The van der Waals surface area contributed by atoms with E-state index in [1.165, 1.54) is 4.90 Å². The Labute approximate surface area is 116 Å². The Morgan fingerprint density at radius 3 is 3.11 bits per heavy atom. The minimum absolute atomic E-state index is 0.145. The van der Waals surface area contributed by atoms with Crippen LogP contribution in [0.2, 0.25) is 0 Å². The second kappa shape index (κ2) is 6.50. The van der Waals surface area contributed by atoms with Crippen LogP contribution in [0.1, 0.15) is 6.92 Å². The van der Waals surface area contributed by atoms with Crippen LogP contribution >= 0.6 is 23.5 Å². The Morgan fingerprint density at radius 2 is 2.33 bits per heavy atom. The Morgan fingerprint density at radius 1 is 1.56 bits per heavy atom. The third kappa shape index (κ3) is 3.43. The molecule has 1 unspecified atom stereocenters. The van der Waals surface area contributed by atoms with Gasteiger partial charge in [-0.05, 0) is 19.1 Å². The fraction of sp³-hybridized carbons (Fsp3) is 0.462. The van der Waals surface area contributed by atoms with Gasteiger partial charge in [-0.2, -0.15) is 11.8 Å². The number of hydrogen-bond donors (Lipinski definition) is 1. The second-order valence-electron chi connectivity index (χ2n) is 4.35. The summed E-state index contributed by atoms with van der Waals surface area (Å²) in [6, 6.07) is 8.25. The molecule has 1 aliphatic rings. The van der Waals surface area contributed by atoms with Gasteiger partial charge in [-0.3, -0.25) is 4.79 Å². The zero-order chi connectivity index (χ0) is 13.0. The molecule has 98 valence electrons. The van der Waals surface area contributed by atoms with Gasteiger partial charge in [0.25, 0.3) is 0 Å². The first-order valence-electron chi connectivity index (χ1n) is 6.04. The lowest BCUT2D eigenvalue weighted by molar-refractivity contribution is -0.116. The van der Waals surface area contributed by atoms with Gasteiger partial charge in [-0.25, -0.2) is 0 Å². The number of carbonyl (C=O) groups is 1. The molecule has 0 spiro atoms. The van der Waals surface area contributed by atoms with Crippen LogP contribution in [0.25, 0.3) is 0 Å². The molecule has 1 aromatic rings. The van der Waals surface area contributed by atoms with Crippen LogP contribution in [0.3, 0.4) is 0 Å². The highest BCUT2D eigenvalue weighted by Crippen LogP contribution is 2.34. The summed E-state index contributed by atoms with van der Waals surface area (Å²) in [5, 5.41) is 0. The third-order valence-electron chi connectivity index (χ3n) is 2.64. The molecule has 5 heteroatoms. The van der Waals surface area contributed by atoms with Crippen LogP contribution in [0.15, 0.2) is 29.2 Å². The maximum absolute atomic E-state index is 12.2. The van der Waals surface area contributed by atoms with Gasteiger partial charge in [0, 0.05) is 29.0 Å². The first kappa shape index (κ1) is 13.8. The second-order valence-corrected chi connectivity index (χ2v) is 6.52. The van der Waals surface area contributed by atoms with Gasteiger partial charge in [0.15, 0.2) is 0 Å². The Kier molecular flexibility index (Phi) is 4.97. The Bertz CT molecular complexity index is 423. The smallest absolute Gasteiger partial charge is 0.237 e. The molecular formula is C13H18N2OS2. The number of fused-ring (bicyclic) bond motifs is 1. The van der Waals surface area contributed by atoms with Crippen LogP contribution in [0.5, 0.6) is 0 Å². The van der Waals surface area contributed by atoms with Gasteiger partial charge in [-0.15, -0.1) is 11.8 Å². The van der Waals surface area contributed by atoms with E-state index in [0.29, 0.717) is 5.75 Å². The van der Waals surface area contributed by atoms with E-state index in [1.807, 2.05) is 41.8 Å². The van der Waals surface area contributed by atoms with Crippen LogP contribution in [0.4, 0.5) is 5.69 Å². The van der Waals surface area contributed by atoms with E-state index >= 15 is 0 Å². The van der Waals surface area contributed by atoms with Gasteiger partial charge in [0.1, 0.15) is 0 Å². The van der Waals surface area contributed by atoms with Crippen LogP contribution in [-0.4, -0.2) is 35.8 Å². The number of nitrogens with zero attached hydrogens (tertiary/aromatic N) is 1. The van der Waals surface area contributed by atoms with Crippen molar-refractivity contribution < 1.29 is 4.79 Å². The van der Waals surface area contributed by atoms with Crippen LogP contribution in [0, 0.1) is 0 Å². The van der Waals surface area contributed by atoms with E-state index in [9.17, 15) is 4.79 Å². The Hall–Kier alpha value is -0.650. The fourth-order valence-electron chi connectivity index (χ4n) is 1.84. The average molecular weight is 282 g/mol. The van der Waals surface area contributed by atoms with Gasteiger partial charge in [0.2, 0.25) is 5.91 Å². The van der Waals surface area contributed by atoms with Crippen molar-refractivity contribution in [1.29, 1.82) is 0 Å². The number of anilines is 1. The highest BCUT2D eigenvalue weighted by atomic mass is 32.2. The first-order chi connectivity index (χ1) is 8.68. The zero-order valence-corrected chi connectivity index (χ0v) is 12.1. The molecule has 2 N–H and O–H groups in total. The predicted molar refractivity (Wildman–Crippen MR) is 80.5 cm³/mol. The summed E-state index contributed by atoms with van der Waals surface area (Å²) in [5.74, 6) is 2.51. The van der Waals surface area contributed by atoms with Crippen LogP contribution in [-0.2, 0) is 4.79 Å². The number of carbonyl (C=O) groups excluding carboxylic acids is 1. The maximum Gasteiger partial charge on any atom is 0.237 e. The summed E-state index contributed by atoms with van der Waals surface area (Å²) >= 11 is 3.43. The molecule has 2 rings (SSSR count). The predicted octanol–water partition coefficient (Wildman–Crippen LogP) is 2.21. The largest absolute Gasteiger partial charge is 0.327 e. The lowest BCUT2D eigenvalue weighted by Gasteiger charge is -2.29. The molecule has 18 heavy (non-hydrogen) atoms. The summed E-state index contributed by atoms with van der Waals surface area (Å²) in [6.07, 6.45) is 0. The molecule has 0 bridgehead atoms. The van der Waals surface area contributed by atoms with Crippen molar-refractivity contribution in [1.82, 2.24) is 0 Å². The lowest BCUT2D eigenvalue weighted by Crippen LogP contribution is -2.37. The highest BCUT2D eigenvalue weighted by Gasteiger charge is 2.22. The van der Waals surface area contributed by atoms with Crippen LogP contribution < -0.4 is 10.6 Å². The number of para-hydroxylation sites is 1. The number of hydrogen-bond acceptors (Lipinski definition) is 4. The van der Waals surface area contributed by atoms with E-state index in [4.69, 9.17) is 5.73 Å². The van der Waals surface area contributed by atoms with Gasteiger partial charge >= 0.3 is 0 Å². The number of thioether (sulfide) groups is 2. The summed E-state index contributed by atoms with van der Waals surface area (Å²) < 4.78 is 0. The average Bonchev–Trinajstić information content (AvgIpc) is 2.37. The number of rotatable bonds is 4. The van der Waals surface area contributed by atoms with E-state index in [-0.39, 0.29) is 11.9 Å². The van der Waals surface area contributed by atoms with Gasteiger partial charge < -0.3 is 10.6 Å². The van der Waals surface area contributed by atoms with Crippen molar-refractivity contribution in [2.45, 2.75) is 17.9 Å². The SMILES string of the molecule is CC(N)CSCC(=O)N1CCSc2ccccc21. The third-order valence-corrected chi connectivity index (χ3v) is 4.89. The van der Waals surface area contributed by atoms with E-state index in [2.05, 4.69) is 6.07 Å². The van der Waals surface area contributed by atoms with E-state index < -0.39 is 0 Å². The monoisotopic (exact) mass is 282 g/mol. The molecule has 0 aliphatic carbocycles. The van der Waals surface area contributed by atoms with E-state index in [1.54, 1.807) is 11.8 Å². The number of amides is 1. The molecule has 1 atom stereocenters. The van der Waals surface area contributed by atoms with E-state index in [0.717, 1.165) is 23.7 Å². The standard InChI is InChI=1S/C13H18N2OS2/c1-10(14)8-17-9-13(16)15-6-7-18-12-5-3-2-4-11(12)15/h2-5,10H,6-9,14H2,1H3. The summed E-state index contributed by atoms with van der Waals surface area (Å²) in [6.45, 7) is 2.77. The summed E-state index contributed by atoms with van der Waals surface area (Å²) in [4.78, 5) is 15.3. The Balaban J connectivity index is 1.99. The molecule has 1 aromatic carbocycles. The molecule has 0 fully saturated rings. The van der Waals surface area contributed by atoms with Crippen molar-refractivity contribution >= 4 is 35.1 Å². The molecule has 0 saturated carbocycles. The van der Waals surface area contributed by atoms with Gasteiger partial charge in [0.05, 0.1) is 11.4 Å². The molecule has 0 saturated heterocycles. The molecule has 0 aromatic heterocycles. The molecule has 3 nitrogen and oxygen atoms in total. The van der Waals surface area contributed by atoms with Crippen molar-refractivity contribution in [3.63, 3.8) is 0 Å². The maximum atomic E-state index is 12.2. The topological polar surface area (TPSA) is 46.3 Å². The minimum Gasteiger partial charge on any atom is -0.327 e.